The minimum absolute atomic E-state index is 0.635. The van der Waals surface area contributed by atoms with Crippen molar-refractivity contribution in [2.45, 2.75) is 12.8 Å². The number of ether oxygens (including phenoxy) is 3. The van der Waals surface area contributed by atoms with E-state index in [4.69, 9.17) is 14.2 Å². The number of rotatable bonds is 6. The zero-order valence-corrected chi connectivity index (χ0v) is 11.8. The number of nitrogens with zero attached hydrogens (tertiary/aromatic N) is 1. The lowest BCUT2D eigenvalue weighted by Crippen LogP contribution is -2.25. The fourth-order valence-corrected chi connectivity index (χ4v) is 2.38. The van der Waals surface area contributed by atoms with Crippen LogP contribution in [0.25, 0.3) is 0 Å². The van der Waals surface area contributed by atoms with Crippen molar-refractivity contribution in [3.63, 3.8) is 0 Å². The van der Waals surface area contributed by atoms with Gasteiger partial charge in [-0.1, -0.05) is 0 Å². The van der Waals surface area contributed by atoms with Crippen molar-refractivity contribution in [1.82, 2.24) is 4.90 Å². The number of hydrogen-bond donors (Lipinski definition) is 0. The van der Waals surface area contributed by atoms with Gasteiger partial charge >= 0.3 is 0 Å². The van der Waals surface area contributed by atoms with Crippen LogP contribution < -0.4 is 14.2 Å². The van der Waals surface area contributed by atoms with E-state index in [1.807, 2.05) is 12.1 Å². The Morgan fingerprint density at radius 2 is 1.79 bits per heavy atom. The third-order valence-electron chi connectivity index (χ3n) is 3.37. The van der Waals surface area contributed by atoms with Gasteiger partial charge in [0.1, 0.15) is 6.61 Å². The maximum atomic E-state index is 5.83. The SMILES string of the molecule is [CH2]c1cc(OC)c(OC)c(OCCN2CCCC2)c1. The van der Waals surface area contributed by atoms with Crippen molar-refractivity contribution in [2.24, 2.45) is 0 Å². The molecule has 0 spiro atoms. The van der Waals surface area contributed by atoms with Crippen molar-refractivity contribution >= 4 is 0 Å². The first-order chi connectivity index (χ1) is 9.24. The normalized spacial score (nSPS) is 15.5. The molecule has 0 saturated carbocycles. The number of methoxy groups -OCH3 is 2. The average molecular weight is 264 g/mol. The molecule has 4 nitrogen and oxygen atoms in total. The summed E-state index contributed by atoms with van der Waals surface area (Å²) in [6.45, 7) is 7.89. The molecule has 0 atom stereocenters. The summed E-state index contributed by atoms with van der Waals surface area (Å²) in [7, 11) is 3.24. The molecule has 0 N–H and O–H groups in total. The fraction of sp³-hybridized carbons (Fsp3) is 0.533. The first-order valence-electron chi connectivity index (χ1n) is 6.67. The van der Waals surface area contributed by atoms with Crippen LogP contribution in [0.15, 0.2) is 12.1 Å². The molecule has 1 aliphatic rings. The lowest BCUT2D eigenvalue weighted by molar-refractivity contribution is 0.228. The molecule has 0 aromatic heterocycles. The largest absolute Gasteiger partial charge is 0.493 e. The van der Waals surface area contributed by atoms with Crippen LogP contribution in [-0.2, 0) is 0 Å². The summed E-state index contributed by atoms with van der Waals surface area (Å²) < 4.78 is 16.5. The second kappa shape index (κ2) is 6.66. The molecule has 105 valence electrons. The number of benzene rings is 1. The Morgan fingerprint density at radius 3 is 2.42 bits per heavy atom. The first-order valence-corrected chi connectivity index (χ1v) is 6.67. The zero-order chi connectivity index (χ0) is 13.7. The second-order valence-electron chi connectivity index (χ2n) is 4.73. The Balaban J connectivity index is 1.99. The van der Waals surface area contributed by atoms with Crippen molar-refractivity contribution in [3.8, 4) is 17.2 Å². The Morgan fingerprint density at radius 1 is 1.11 bits per heavy atom. The molecule has 0 unspecified atom stereocenters. The molecule has 1 aliphatic heterocycles. The van der Waals surface area contributed by atoms with Gasteiger partial charge in [0.25, 0.3) is 0 Å². The molecular formula is C15H22NO3. The molecule has 1 heterocycles. The minimum atomic E-state index is 0.635. The smallest absolute Gasteiger partial charge is 0.203 e. The predicted molar refractivity (Wildman–Crippen MR) is 75.2 cm³/mol. The first kappa shape index (κ1) is 14.0. The number of hydrogen-bond acceptors (Lipinski definition) is 4. The monoisotopic (exact) mass is 264 g/mol. The Bertz CT molecular complexity index is 414. The Hall–Kier alpha value is -1.42. The van der Waals surface area contributed by atoms with E-state index < -0.39 is 0 Å². The molecule has 1 radical (unpaired) electrons. The molecule has 0 amide bonds. The summed E-state index contributed by atoms with van der Waals surface area (Å²) in [6.07, 6.45) is 2.59. The van der Waals surface area contributed by atoms with Crippen LogP contribution >= 0.6 is 0 Å². The molecule has 1 aromatic carbocycles. The summed E-state index contributed by atoms with van der Waals surface area (Å²) in [4.78, 5) is 2.41. The molecular weight excluding hydrogens is 242 g/mol. The van der Waals surface area contributed by atoms with Gasteiger partial charge in [-0.15, -0.1) is 0 Å². The van der Waals surface area contributed by atoms with E-state index >= 15 is 0 Å². The van der Waals surface area contributed by atoms with Crippen LogP contribution in [0.3, 0.4) is 0 Å². The average Bonchev–Trinajstić information content (AvgIpc) is 2.91. The summed E-state index contributed by atoms with van der Waals surface area (Å²) in [6, 6.07) is 3.72. The molecule has 2 rings (SSSR count). The summed E-state index contributed by atoms with van der Waals surface area (Å²) in [5.41, 5.74) is 0.855. The van der Waals surface area contributed by atoms with E-state index in [0.717, 1.165) is 12.1 Å². The summed E-state index contributed by atoms with van der Waals surface area (Å²) in [5, 5.41) is 0. The fourth-order valence-electron chi connectivity index (χ4n) is 2.38. The van der Waals surface area contributed by atoms with Gasteiger partial charge in [0.05, 0.1) is 14.2 Å². The minimum Gasteiger partial charge on any atom is -0.493 e. The van der Waals surface area contributed by atoms with Crippen LogP contribution in [0.5, 0.6) is 17.2 Å². The van der Waals surface area contributed by atoms with Gasteiger partial charge in [-0.2, -0.15) is 0 Å². The topological polar surface area (TPSA) is 30.9 Å². The van der Waals surface area contributed by atoms with E-state index in [0.29, 0.717) is 23.9 Å². The van der Waals surface area contributed by atoms with Crippen LogP contribution in [0.2, 0.25) is 0 Å². The molecule has 1 aromatic rings. The highest BCUT2D eigenvalue weighted by Gasteiger charge is 2.14. The van der Waals surface area contributed by atoms with Crippen molar-refractivity contribution in [3.05, 3.63) is 24.6 Å². The van der Waals surface area contributed by atoms with E-state index in [2.05, 4.69) is 11.8 Å². The molecule has 0 aliphatic carbocycles. The Labute approximate surface area is 115 Å². The quantitative estimate of drug-likeness (QED) is 0.789. The van der Waals surface area contributed by atoms with Crippen LogP contribution in [0.4, 0.5) is 0 Å². The van der Waals surface area contributed by atoms with Crippen molar-refractivity contribution in [2.75, 3.05) is 40.5 Å². The van der Waals surface area contributed by atoms with E-state index in [9.17, 15) is 0 Å². The highest BCUT2D eigenvalue weighted by Crippen LogP contribution is 2.38. The van der Waals surface area contributed by atoms with Crippen molar-refractivity contribution < 1.29 is 14.2 Å². The maximum Gasteiger partial charge on any atom is 0.203 e. The molecule has 1 fully saturated rings. The molecule has 19 heavy (non-hydrogen) atoms. The van der Waals surface area contributed by atoms with E-state index in [-0.39, 0.29) is 0 Å². The number of likely N-dealkylation sites (tertiary alicyclic amines) is 1. The van der Waals surface area contributed by atoms with Gasteiger partial charge in [0.2, 0.25) is 5.75 Å². The molecule has 0 bridgehead atoms. The van der Waals surface area contributed by atoms with E-state index in [1.54, 1.807) is 14.2 Å². The van der Waals surface area contributed by atoms with Crippen LogP contribution in [-0.4, -0.2) is 45.4 Å². The third-order valence-corrected chi connectivity index (χ3v) is 3.37. The standard InChI is InChI=1S/C15H22NO3/c1-12-10-13(17-2)15(18-3)14(11-12)19-9-8-16-6-4-5-7-16/h10-11H,1,4-9H2,2-3H3. The van der Waals surface area contributed by atoms with Crippen molar-refractivity contribution in [1.29, 1.82) is 0 Å². The summed E-state index contributed by atoms with van der Waals surface area (Å²) >= 11 is 0. The predicted octanol–water partition coefficient (Wildman–Crippen LogP) is 2.36. The third kappa shape index (κ3) is 3.53. The zero-order valence-electron chi connectivity index (χ0n) is 11.8. The highest BCUT2D eigenvalue weighted by atomic mass is 16.5. The maximum absolute atomic E-state index is 5.83. The van der Waals surface area contributed by atoms with Gasteiger partial charge in [0.15, 0.2) is 11.5 Å². The molecule has 4 heteroatoms. The lowest BCUT2D eigenvalue weighted by atomic mass is 10.2. The highest BCUT2D eigenvalue weighted by molar-refractivity contribution is 5.54. The second-order valence-corrected chi connectivity index (χ2v) is 4.73. The van der Waals surface area contributed by atoms with Gasteiger partial charge in [0, 0.05) is 6.54 Å². The van der Waals surface area contributed by atoms with E-state index in [1.165, 1.54) is 25.9 Å². The van der Waals surface area contributed by atoms with Gasteiger partial charge in [-0.3, -0.25) is 4.90 Å². The van der Waals surface area contributed by atoms with Crippen LogP contribution in [0, 0.1) is 6.92 Å². The van der Waals surface area contributed by atoms with Gasteiger partial charge < -0.3 is 14.2 Å². The van der Waals surface area contributed by atoms with Crippen LogP contribution in [0.1, 0.15) is 18.4 Å². The lowest BCUT2D eigenvalue weighted by Gasteiger charge is -2.17. The van der Waals surface area contributed by atoms with Gasteiger partial charge in [-0.25, -0.2) is 0 Å². The molecule has 1 saturated heterocycles. The Kier molecular flexibility index (Phi) is 4.91. The summed E-state index contributed by atoms with van der Waals surface area (Å²) in [5.74, 6) is 1.99. The van der Waals surface area contributed by atoms with Gasteiger partial charge in [-0.05, 0) is 50.6 Å².